The molecule has 0 N–H and O–H groups in total. The van der Waals surface area contributed by atoms with Crippen LogP contribution in [0.1, 0.15) is 26.3 Å². The van der Waals surface area contributed by atoms with E-state index in [-0.39, 0.29) is 0 Å². The van der Waals surface area contributed by atoms with Crippen LogP contribution in [0.3, 0.4) is 0 Å². The third kappa shape index (κ3) is 3.64. The number of benzene rings is 1. The van der Waals surface area contributed by atoms with Crippen molar-refractivity contribution in [2.45, 2.75) is 32.9 Å². The van der Waals surface area contributed by atoms with E-state index < -0.39 is 11.7 Å². The van der Waals surface area contributed by atoms with Crippen LogP contribution in [0.4, 0.5) is 4.79 Å². The fourth-order valence-electron chi connectivity index (χ4n) is 2.98. The van der Waals surface area contributed by atoms with E-state index in [1.807, 2.05) is 69.4 Å². The van der Waals surface area contributed by atoms with Crippen LogP contribution in [0.15, 0.2) is 61.1 Å². The Kier molecular flexibility index (Phi) is 4.43. The van der Waals surface area contributed by atoms with Crippen molar-refractivity contribution in [2.24, 2.45) is 0 Å². The summed E-state index contributed by atoms with van der Waals surface area (Å²) in [5.41, 5.74) is 2.53. The molecule has 142 valence electrons. The van der Waals surface area contributed by atoms with Gasteiger partial charge in [-0.2, -0.15) is 0 Å². The molecule has 7 heteroatoms. The number of carbonyl (C=O) groups excluding carboxylic acids is 1. The first-order valence-corrected chi connectivity index (χ1v) is 9.04. The summed E-state index contributed by atoms with van der Waals surface area (Å²) < 4.78 is 8.71. The van der Waals surface area contributed by atoms with Gasteiger partial charge in [0.05, 0.1) is 12.7 Å². The predicted molar refractivity (Wildman–Crippen MR) is 106 cm³/mol. The van der Waals surface area contributed by atoms with Crippen LogP contribution in [-0.4, -0.2) is 36.2 Å². The monoisotopic (exact) mass is 375 g/mol. The fraction of sp³-hybridized carbons (Fsp3) is 0.238. The van der Waals surface area contributed by atoms with Gasteiger partial charge in [0.1, 0.15) is 16.9 Å². The first-order chi connectivity index (χ1) is 13.4. The summed E-state index contributed by atoms with van der Waals surface area (Å²) in [4.78, 5) is 17.0. The molecule has 0 radical (unpaired) electrons. The van der Waals surface area contributed by atoms with E-state index in [4.69, 9.17) is 4.74 Å². The molecule has 0 bridgehead atoms. The maximum Gasteiger partial charge on any atom is 0.420 e. The van der Waals surface area contributed by atoms with Crippen LogP contribution in [0, 0.1) is 0 Å². The molecule has 4 rings (SSSR count). The lowest BCUT2D eigenvalue weighted by atomic mass is 10.2. The molecule has 0 saturated carbocycles. The smallest absolute Gasteiger partial charge is 0.420 e. The molecule has 0 aliphatic rings. The van der Waals surface area contributed by atoms with Gasteiger partial charge in [0, 0.05) is 23.3 Å². The summed E-state index contributed by atoms with van der Waals surface area (Å²) in [5, 5.41) is 9.35. The topological polar surface area (TPSA) is 74.8 Å². The third-order valence-electron chi connectivity index (χ3n) is 4.16. The largest absolute Gasteiger partial charge is 0.443 e. The van der Waals surface area contributed by atoms with Crippen molar-refractivity contribution in [2.75, 3.05) is 0 Å². The molecule has 4 aromatic rings. The minimum absolute atomic E-state index is 0.473. The second kappa shape index (κ2) is 6.92. The average Bonchev–Trinajstić information content (AvgIpc) is 3.25. The Labute approximate surface area is 162 Å². The predicted octanol–water partition coefficient (Wildman–Crippen LogP) is 4.13. The Morgan fingerprint density at radius 3 is 2.61 bits per heavy atom. The van der Waals surface area contributed by atoms with E-state index in [1.54, 1.807) is 17.1 Å². The lowest BCUT2D eigenvalue weighted by Gasteiger charge is -2.19. The number of hydrogen-bond donors (Lipinski definition) is 0. The van der Waals surface area contributed by atoms with E-state index in [2.05, 4.69) is 15.3 Å². The molecule has 0 aliphatic carbocycles. The summed E-state index contributed by atoms with van der Waals surface area (Å²) in [6.07, 6.45) is 4.76. The highest BCUT2D eigenvalue weighted by Gasteiger charge is 2.22. The highest BCUT2D eigenvalue weighted by molar-refractivity contribution is 5.97. The molecule has 0 atom stereocenters. The highest BCUT2D eigenvalue weighted by atomic mass is 16.6. The number of aromatic nitrogens is 5. The summed E-state index contributed by atoms with van der Waals surface area (Å²) >= 11 is 0. The van der Waals surface area contributed by atoms with Crippen LogP contribution >= 0.6 is 0 Å². The Bertz CT molecular complexity index is 1120. The summed E-state index contributed by atoms with van der Waals surface area (Å²) in [5.74, 6) is 0. The number of carbonyl (C=O) groups is 1. The van der Waals surface area contributed by atoms with Crippen LogP contribution in [0.5, 0.6) is 0 Å². The SMILES string of the molecule is CC(C)(C)OC(=O)n1cc(-c2cn(Cc3ccccc3)nn2)c2cccnc21. The molecule has 0 aliphatic heterocycles. The molecule has 0 unspecified atom stereocenters. The average molecular weight is 375 g/mol. The molecule has 3 aromatic heterocycles. The van der Waals surface area contributed by atoms with Crippen molar-refractivity contribution in [3.63, 3.8) is 0 Å². The standard InChI is InChI=1S/C21H21N5O2/c1-21(2,3)28-20(27)26-13-17(16-10-7-11-22-19(16)26)18-14-25(24-23-18)12-15-8-5-4-6-9-15/h4-11,13-14H,12H2,1-3H3. The first kappa shape index (κ1) is 17.9. The zero-order valence-electron chi connectivity index (χ0n) is 16.0. The number of ether oxygens (including phenoxy) is 1. The second-order valence-corrected chi connectivity index (χ2v) is 7.55. The van der Waals surface area contributed by atoms with Crippen LogP contribution < -0.4 is 0 Å². The maximum absolute atomic E-state index is 12.6. The van der Waals surface area contributed by atoms with Gasteiger partial charge in [-0.15, -0.1) is 5.10 Å². The molecular formula is C21H21N5O2. The molecule has 1 aromatic carbocycles. The van der Waals surface area contributed by atoms with E-state index >= 15 is 0 Å². The molecule has 0 spiro atoms. The number of pyridine rings is 1. The van der Waals surface area contributed by atoms with Crippen LogP contribution in [-0.2, 0) is 11.3 Å². The molecular weight excluding hydrogens is 354 g/mol. The van der Waals surface area contributed by atoms with E-state index in [0.717, 1.165) is 16.5 Å². The van der Waals surface area contributed by atoms with Gasteiger partial charge in [-0.1, -0.05) is 35.5 Å². The zero-order valence-corrected chi connectivity index (χ0v) is 16.0. The van der Waals surface area contributed by atoms with E-state index in [9.17, 15) is 4.79 Å². The normalized spacial score (nSPS) is 11.7. The summed E-state index contributed by atoms with van der Waals surface area (Å²) in [6.45, 7) is 6.12. The maximum atomic E-state index is 12.6. The van der Waals surface area contributed by atoms with Crippen molar-refractivity contribution < 1.29 is 9.53 Å². The zero-order chi connectivity index (χ0) is 19.7. The Morgan fingerprint density at radius 1 is 1.07 bits per heavy atom. The molecule has 28 heavy (non-hydrogen) atoms. The van der Waals surface area contributed by atoms with Gasteiger partial charge in [-0.05, 0) is 38.5 Å². The second-order valence-electron chi connectivity index (χ2n) is 7.55. The van der Waals surface area contributed by atoms with Gasteiger partial charge in [0.15, 0.2) is 0 Å². The third-order valence-corrected chi connectivity index (χ3v) is 4.16. The van der Waals surface area contributed by atoms with Gasteiger partial charge >= 0.3 is 6.09 Å². The van der Waals surface area contributed by atoms with Crippen LogP contribution in [0.2, 0.25) is 0 Å². The lowest BCUT2D eigenvalue weighted by Crippen LogP contribution is -2.26. The summed E-state index contributed by atoms with van der Waals surface area (Å²) in [6, 6.07) is 13.8. The van der Waals surface area contributed by atoms with E-state index in [0.29, 0.717) is 17.9 Å². The highest BCUT2D eigenvalue weighted by Crippen LogP contribution is 2.28. The van der Waals surface area contributed by atoms with Crippen molar-refractivity contribution >= 4 is 17.1 Å². The van der Waals surface area contributed by atoms with Gasteiger partial charge < -0.3 is 4.74 Å². The number of hydrogen-bond acceptors (Lipinski definition) is 5. The molecule has 0 saturated heterocycles. The molecule has 7 nitrogen and oxygen atoms in total. The summed E-state index contributed by atoms with van der Waals surface area (Å²) in [7, 11) is 0. The van der Waals surface area contributed by atoms with Crippen molar-refractivity contribution in [3.8, 4) is 11.3 Å². The van der Waals surface area contributed by atoms with E-state index in [1.165, 1.54) is 4.57 Å². The van der Waals surface area contributed by atoms with Crippen molar-refractivity contribution in [1.29, 1.82) is 0 Å². The van der Waals surface area contributed by atoms with Gasteiger partial charge in [0.25, 0.3) is 0 Å². The minimum Gasteiger partial charge on any atom is -0.443 e. The number of fused-ring (bicyclic) bond motifs is 1. The van der Waals surface area contributed by atoms with Gasteiger partial charge in [-0.25, -0.2) is 19.0 Å². The number of nitrogens with zero attached hydrogens (tertiary/aromatic N) is 5. The molecule has 0 amide bonds. The Morgan fingerprint density at radius 2 is 1.86 bits per heavy atom. The molecule has 0 fully saturated rings. The fourth-order valence-corrected chi connectivity index (χ4v) is 2.98. The van der Waals surface area contributed by atoms with Crippen molar-refractivity contribution in [3.05, 3.63) is 66.6 Å². The van der Waals surface area contributed by atoms with Crippen LogP contribution in [0.25, 0.3) is 22.3 Å². The quantitative estimate of drug-likeness (QED) is 0.538. The molecule has 3 heterocycles. The lowest BCUT2D eigenvalue weighted by molar-refractivity contribution is 0.0544. The Balaban J connectivity index is 1.71. The minimum atomic E-state index is -0.596. The first-order valence-electron chi connectivity index (χ1n) is 9.04. The van der Waals surface area contributed by atoms with Gasteiger partial charge in [0.2, 0.25) is 0 Å². The van der Waals surface area contributed by atoms with Crippen molar-refractivity contribution in [1.82, 2.24) is 24.5 Å². The number of rotatable bonds is 3. The Hall–Kier alpha value is -3.48. The van der Waals surface area contributed by atoms with Gasteiger partial charge in [-0.3, -0.25) is 0 Å².